The Morgan fingerprint density at radius 1 is 1.26 bits per heavy atom. The summed E-state index contributed by atoms with van der Waals surface area (Å²) in [5, 5.41) is 11.9. The van der Waals surface area contributed by atoms with E-state index in [1.54, 1.807) is 29.2 Å². The molecule has 1 heterocycles. The van der Waals surface area contributed by atoms with Gasteiger partial charge < -0.3 is 20.1 Å². The zero-order valence-corrected chi connectivity index (χ0v) is 16.1. The summed E-state index contributed by atoms with van der Waals surface area (Å²) in [6.45, 7) is 6.68. The molecule has 0 spiro atoms. The minimum absolute atomic E-state index is 0.0661. The zero-order chi connectivity index (χ0) is 20.0. The number of hydrogen-bond donors (Lipinski definition) is 2. The first-order valence-electron chi connectivity index (χ1n) is 9.39. The number of benzene rings is 1. The number of carboxylic acid groups (broad SMARTS) is 1. The standard InChI is InChI=1S/C20H28N2O5/c1-4-27-16-9-7-14(8-10-16)19(25)21-18(13(2)3)20(26)22-11-5-6-15(22)12-17(23)24/h7-10,13,15,18H,4-6,11-12H2,1-3H3,(H,21,25)(H,23,24). The lowest BCUT2D eigenvalue weighted by Gasteiger charge is -2.30. The number of nitrogens with zero attached hydrogens (tertiary/aromatic N) is 1. The number of carboxylic acids is 1. The lowest BCUT2D eigenvalue weighted by molar-refractivity contribution is -0.140. The number of hydrogen-bond acceptors (Lipinski definition) is 4. The lowest BCUT2D eigenvalue weighted by atomic mass is 10.0. The summed E-state index contributed by atoms with van der Waals surface area (Å²) in [5.74, 6) is -0.902. The molecule has 2 amide bonds. The third-order valence-corrected chi connectivity index (χ3v) is 4.72. The number of carbonyl (C=O) groups excluding carboxylic acids is 2. The zero-order valence-electron chi connectivity index (χ0n) is 16.1. The molecule has 148 valence electrons. The maximum atomic E-state index is 13.0. The van der Waals surface area contributed by atoms with Crippen molar-refractivity contribution < 1.29 is 24.2 Å². The Bertz CT molecular complexity index is 671. The third kappa shape index (κ3) is 5.45. The quantitative estimate of drug-likeness (QED) is 0.726. The Labute approximate surface area is 159 Å². The molecule has 1 aromatic carbocycles. The summed E-state index contributed by atoms with van der Waals surface area (Å²) in [6.07, 6.45) is 1.39. The summed E-state index contributed by atoms with van der Waals surface area (Å²) >= 11 is 0. The molecule has 0 aromatic heterocycles. The van der Waals surface area contributed by atoms with Gasteiger partial charge in [-0.05, 0) is 49.9 Å². The second-order valence-electron chi connectivity index (χ2n) is 7.08. The number of amides is 2. The van der Waals surface area contributed by atoms with Crippen LogP contribution in [-0.2, 0) is 9.59 Å². The monoisotopic (exact) mass is 376 g/mol. The first-order valence-corrected chi connectivity index (χ1v) is 9.39. The second kappa shape index (κ2) is 9.39. The van der Waals surface area contributed by atoms with Crippen molar-refractivity contribution in [2.45, 2.75) is 52.1 Å². The summed E-state index contributed by atoms with van der Waals surface area (Å²) in [5.41, 5.74) is 0.445. The third-order valence-electron chi connectivity index (χ3n) is 4.72. The van der Waals surface area contributed by atoms with Gasteiger partial charge in [-0.1, -0.05) is 13.8 Å². The van der Waals surface area contributed by atoms with Gasteiger partial charge in [0.1, 0.15) is 11.8 Å². The van der Waals surface area contributed by atoms with Crippen LogP contribution in [0.15, 0.2) is 24.3 Å². The fraction of sp³-hybridized carbons (Fsp3) is 0.550. The van der Waals surface area contributed by atoms with Crippen LogP contribution in [0, 0.1) is 5.92 Å². The maximum absolute atomic E-state index is 13.0. The Hall–Kier alpha value is -2.57. The fourth-order valence-corrected chi connectivity index (χ4v) is 3.33. The van der Waals surface area contributed by atoms with Crippen molar-refractivity contribution in [2.24, 2.45) is 5.92 Å². The van der Waals surface area contributed by atoms with Gasteiger partial charge in [0.25, 0.3) is 5.91 Å². The summed E-state index contributed by atoms with van der Waals surface area (Å²) in [6, 6.07) is 5.75. The molecular formula is C20H28N2O5. The summed E-state index contributed by atoms with van der Waals surface area (Å²) in [4.78, 5) is 38.2. The van der Waals surface area contributed by atoms with E-state index in [0.29, 0.717) is 30.9 Å². The van der Waals surface area contributed by atoms with E-state index >= 15 is 0 Å². The van der Waals surface area contributed by atoms with E-state index in [2.05, 4.69) is 5.32 Å². The molecule has 1 fully saturated rings. The fourth-order valence-electron chi connectivity index (χ4n) is 3.33. The van der Waals surface area contributed by atoms with Gasteiger partial charge in [-0.2, -0.15) is 0 Å². The van der Waals surface area contributed by atoms with Gasteiger partial charge in [-0.3, -0.25) is 14.4 Å². The number of aliphatic carboxylic acids is 1. The molecule has 2 atom stereocenters. The highest BCUT2D eigenvalue weighted by Gasteiger charge is 2.36. The van der Waals surface area contributed by atoms with Gasteiger partial charge in [-0.25, -0.2) is 0 Å². The van der Waals surface area contributed by atoms with E-state index in [9.17, 15) is 14.4 Å². The van der Waals surface area contributed by atoms with Gasteiger partial charge in [0.05, 0.1) is 13.0 Å². The van der Waals surface area contributed by atoms with Crippen molar-refractivity contribution in [3.05, 3.63) is 29.8 Å². The van der Waals surface area contributed by atoms with Crippen LogP contribution in [0.2, 0.25) is 0 Å². The number of nitrogens with one attached hydrogen (secondary N) is 1. The average Bonchev–Trinajstić information content (AvgIpc) is 3.07. The smallest absolute Gasteiger partial charge is 0.305 e. The van der Waals surface area contributed by atoms with Crippen LogP contribution < -0.4 is 10.1 Å². The van der Waals surface area contributed by atoms with Gasteiger partial charge in [0.2, 0.25) is 5.91 Å². The van der Waals surface area contributed by atoms with Crippen LogP contribution in [0.4, 0.5) is 0 Å². The minimum Gasteiger partial charge on any atom is -0.494 e. The van der Waals surface area contributed by atoms with E-state index in [1.807, 2.05) is 20.8 Å². The lowest BCUT2D eigenvalue weighted by Crippen LogP contribution is -2.52. The van der Waals surface area contributed by atoms with E-state index in [0.717, 1.165) is 6.42 Å². The van der Waals surface area contributed by atoms with E-state index in [4.69, 9.17) is 9.84 Å². The predicted octanol–water partition coefficient (Wildman–Crippen LogP) is 2.31. The first-order chi connectivity index (χ1) is 12.8. The van der Waals surface area contributed by atoms with Crippen LogP contribution in [-0.4, -0.2) is 53.0 Å². The van der Waals surface area contributed by atoms with Crippen LogP contribution >= 0.6 is 0 Å². The Morgan fingerprint density at radius 3 is 2.48 bits per heavy atom. The highest BCUT2D eigenvalue weighted by Crippen LogP contribution is 2.23. The summed E-state index contributed by atoms with van der Waals surface area (Å²) in [7, 11) is 0. The highest BCUT2D eigenvalue weighted by atomic mass is 16.5. The SMILES string of the molecule is CCOc1ccc(C(=O)NC(C(=O)N2CCCC2CC(=O)O)C(C)C)cc1. The molecule has 1 aliphatic heterocycles. The van der Waals surface area contributed by atoms with E-state index < -0.39 is 12.0 Å². The molecule has 2 unspecified atom stereocenters. The molecule has 1 saturated heterocycles. The van der Waals surface area contributed by atoms with Crippen LogP contribution in [0.5, 0.6) is 5.75 Å². The molecule has 0 radical (unpaired) electrons. The van der Waals surface area contributed by atoms with Gasteiger partial charge in [0, 0.05) is 18.2 Å². The number of carbonyl (C=O) groups is 3. The number of ether oxygens (including phenoxy) is 1. The second-order valence-corrected chi connectivity index (χ2v) is 7.08. The number of likely N-dealkylation sites (tertiary alicyclic amines) is 1. The van der Waals surface area contributed by atoms with Crippen molar-refractivity contribution in [2.75, 3.05) is 13.2 Å². The Balaban J connectivity index is 2.08. The van der Waals surface area contributed by atoms with Crippen LogP contribution in [0.3, 0.4) is 0 Å². The molecule has 27 heavy (non-hydrogen) atoms. The van der Waals surface area contributed by atoms with Crippen LogP contribution in [0.1, 0.15) is 50.4 Å². The van der Waals surface area contributed by atoms with Crippen molar-refractivity contribution in [3.8, 4) is 5.75 Å². The molecule has 2 N–H and O–H groups in total. The van der Waals surface area contributed by atoms with E-state index in [-0.39, 0.29) is 30.2 Å². The van der Waals surface area contributed by atoms with Crippen LogP contribution in [0.25, 0.3) is 0 Å². The number of rotatable bonds is 8. The van der Waals surface area contributed by atoms with E-state index in [1.165, 1.54) is 0 Å². The maximum Gasteiger partial charge on any atom is 0.305 e. The van der Waals surface area contributed by atoms with Crippen molar-refractivity contribution in [1.82, 2.24) is 10.2 Å². The molecule has 7 heteroatoms. The molecule has 2 rings (SSSR count). The molecule has 0 aliphatic carbocycles. The average molecular weight is 376 g/mol. The highest BCUT2D eigenvalue weighted by molar-refractivity contribution is 5.97. The molecule has 1 aromatic rings. The predicted molar refractivity (Wildman–Crippen MR) is 101 cm³/mol. The largest absolute Gasteiger partial charge is 0.494 e. The van der Waals surface area contributed by atoms with Crippen molar-refractivity contribution in [3.63, 3.8) is 0 Å². The molecule has 1 aliphatic rings. The Kier molecular flexibility index (Phi) is 7.21. The van der Waals surface area contributed by atoms with Crippen molar-refractivity contribution in [1.29, 1.82) is 0 Å². The molecule has 0 bridgehead atoms. The van der Waals surface area contributed by atoms with Gasteiger partial charge in [-0.15, -0.1) is 0 Å². The Morgan fingerprint density at radius 2 is 1.93 bits per heavy atom. The normalized spacial score (nSPS) is 17.6. The summed E-state index contributed by atoms with van der Waals surface area (Å²) < 4.78 is 5.37. The van der Waals surface area contributed by atoms with Crippen molar-refractivity contribution >= 4 is 17.8 Å². The minimum atomic E-state index is -0.917. The molecule has 7 nitrogen and oxygen atoms in total. The molecular weight excluding hydrogens is 348 g/mol. The topological polar surface area (TPSA) is 95.9 Å². The van der Waals surface area contributed by atoms with Gasteiger partial charge >= 0.3 is 5.97 Å². The first kappa shape index (κ1) is 20.7. The van der Waals surface area contributed by atoms with Gasteiger partial charge in [0.15, 0.2) is 0 Å². The molecule has 0 saturated carbocycles.